The highest BCUT2D eigenvalue weighted by Gasteiger charge is 2.35. The van der Waals surface area contributed by atoms with Gasteiger partial charge in [-0.1, -0.05) is 55.7 Å². The second-order valence-electron chi connectivity index (χ2n) is 6.86. The van der Waals surface area contributed by atoms with Crippen molar-refractivity contribution in [2.45, 2.75) is 51.5 Å². The SMILES string of the molecule is NC(=S)c1ccccc1CN1CCC2(CCCCC2)CC1. The maximum atomic E-state index is 5.84. The molecule has 2 N–H and O–H groups in total. The van der Waals surface area contributed by atoms with E-state index in [0.29, 0.717) is 10.4 Å². The number of thiocarbonyl (C=S) groups is 1. The van der Waals surface area contributed by atoms with Gasteiger partial charge < -0.3 is 5.73 Å². The molecule has 2 nitrogen and oxygen atoms in total. The van der Waals surface area contributed by atoms with E-state index in [2.05, 4.69) is 17.0 Å². The molecule has 3 heteroatoms. The van der Waals surface area contributed by atoms with Crippen LogP contribution >= 0.6 is 12.2 Å². The quantitative estimate of drug-likeness (QED) is 0.860. The molecule has 1 spiro atoms. The summed E-state index contributed by atoms with van der Waals surface area (Å²) in [6.45, 7) is 3.45. The third-order valence-corrected chi connectivity index (χ3v) is 5.73. The Balaban J connectivity index is 1.62. The molecular weight excluding hydrogens is 276 g/mol. The van der Waals surface area contributed by atoms with Crippen molar-refractivity contribution in [3.8, 4) is 0 Å². The molecule has 0 radical (unpaired) electrons. The molecule has 2 fully saturated rings. The van der Waals surface area contributed by atoms with Gasteiger partial charge in [-0.2, -0.15) is 0 Å². The van der Waals surface area contributed by atoms with Gasteiger partial charge in [0.05, 0.1) is 0 Å². The second-order valence-corrected chi connectivity index (χ2v) is 7.30. The van der Waals surface area contributed by atoms with E-state index in [1.807, 2.05) is 12.1 Å². The first kappa shape index (κ1) is 15.0. The van der Waals surface area contributed by atoms with Crippen LogP contribution in [-0.4, -0.2) is 23.0 Å². The predicted molar refractivity (Wildman–Crippen MR) is 92.4 cm³/mol. The van der Waals surface area contributed by atoms with Gasteiger partial charge in [0.2, 0.25) is 0 Å². The van der Waals surface area contributed by atoms with Crippen LogP contribution in [-0.2, 0) is 6.54 Å². The van der Waals surface area contributed by atoms with E-state index in [0.717, 1.165) is 12.1 Å². The fourth-order valence-corrected chi connectivity index (χ4v) is 4.33. The normalized spacial score (nSPS) is 22.3. The molecule has 0 bridgehead atoms. The topological polar surface area (TPSA) is 29.3 Å². The van der Waals surface area contributed by atoms with Crippen molar-refractivity contribution in [3.05, 3.63) is 35.4 Å². The molecule has 0 atom stereocenters. The molecule has 114 valence electrons. The summed E-state index contributed by atoms with van der Waals surface area (Å²) in [7, 11) is 0. The predicted octanol–water partition coefficient (Wildman–Crippen LogP) is 3.87. The van der Waals surface area contributed by atoms with Crippen LogP contribution < -0.4 is 5.73 Å². The van der Waals surface area contributed by atoms with Crippen LogP contribution in [0.3, 0.4) is 0 Å². The molecular formula is C18H26N2S. The largest absolute Gasteiger partial charge is 0.389 e. The summed E-state index contributed by atoms with van der Waals surface area (Å²) in [5.41, 5.74) is 8.85. The van der Waals surface area contributed by atoms with Crippen molar-refractivity contribution in [2.75, 3.05) is 13.1 Å². The first-order chi connectivity index (χ1) is 10.2. The van der Waals surface area contributed by atoms with Crippen molar-refractivity contribution in [1.82, 2.24) is 4.90 Å². The Hall–Kier alpha value is -0.930. The van der Waals surface area contributed by atoms with Crippen molar-refractivity contribution in [3.63, 3.8) is 0 Å². The van der Waals surface area contributed by atoms with Gasteiger partial charge in [0.1, 0.15) is 4.99 Å². The highest BCUT2D eigenvalue weighted by atomic mass is 32.1. The zero-order valence-corrected chi connectivity index (χ0v) is 13.6. The number of piperidine rings is 1. The van der Waals surface area contributed by atoms with Crippen molar-refractivity contribution < 1.29 is 0 Å². The fraction of sp³-hybridized carbons (Fsp3) is 0.611. The number of nitrogens with two attached hydrogens (primary N) is 1. The third kappa shape index (κ3) is 3.46. The zero-order chi connectivity index (χ0) is 14.7. The van der Waals surface area contributed by atoms with Crippen LogP contribution in [0, 0.1) is 5.41 Å². The van der Waals surface area contributed by atoms with Gasteiger partial charge in [-0.25, -0.2) is 0 Å². The average Bonchev–Trinajstić information content (AvgIpc) is 2.51. The van der Waals surface area contributed by atoms with Gasteiger partial charge in [-0.05, 0) is 49.8 Å². The summed E-state index contributed by atoms with van der Waals surface area (Å²) >= 11 is 5.17. The van der Waals surface area contributed by atoms with Crippen LogP contribution in [0.15, 0.2) is 24.3 Å². The first-order valence-corrected chi connectivity index (χ1v) is 8.69. The van der Waals surface area contributed by atoms with Gasteiger partial charge >= 0.3 is 0 Å². The number of nitrogens with zero attached hydrogens (tertiary/aromatic N) is 1. The molecule has 1 saturated heterocycles. The molecule has 1 aromatic rings. The Morgan fingerprint density at radius 2 is 1.71 bits per heavy atom. The lowest BCUT2D eigenvalue weighted by Crippen LogP contribution is -2.40. The van der Waals surface area contributed by atoms with E-state index in [1.165, 1.54) is 63.6 Å². The number of hydrogen-bond donors (Lipinski definition) is 1. The molecule has 21 heavy (non-hydrogen) atoms. The van der Waals surface area contributed by atoms with Crippen LogP contribution in [0.25, 0.3) is 0 Å². The molecule has 0 amide bonds. The smallest absolute Gasteiger partial charge is 0.104 e. The lowest BCUT2D eigenvalue weighted by Gasteiger charge is -2.44. The lowest BCUT2D eigenvalue weighted by atomic mass is 9.68. The summed E-state index contributed by atoms with van der Waals surface area (Å²) in [6.07, 6.45) is 10.0. The van der Waals surface area contributed by atoms with E-state index < -0.39 is 0 Å². The molecule has 2 aliphatic rings. The summed E-state index contributed by atoms with van der Waals surface area (Å²) in [5, 5.41) is 0. The minimum absolute atomic E-state index is 0.520. The minimum Gasteiger partial charge on any atom is -0.389 e. The standard InChI is InChI=1S/C18H26N2S/c19-17(21)16-7-3-2-6-15(16)14-20-12-10-18(11-13-20)8-4-1-5-9-18/h2-3,6-7H,1,4-5,8-14H2,(H2,19,21). The Morgan fingerprint density at radius 3 is 2.38 bits per heavy atom. The second kappa shape index (κ2) is 6.45. The number of benzene rings is 1. The van der Waals surface area contributed by atoms with E-state index in [4.69, 9.17) is 18.0 Å². The highest BCUT2D eigenvalue weighted by Crippen LogP contribution is 2.44. The van der Waals surface area contributed by atoms with Gasteiger partial charge in [-0.15, -0.1) is 0 Å². The Labute approximate surface area is 133 Å². The van der Waals surface area contributed by atoms with Gasteiger partial charge in [0, 0.05) is 12.1 Å². The minimum atomic E-state index is 0.520. The molecule has 1 aliphatic carbocycles. The fourth-order valence-electron chi connectivity index (χ4n) is 4.13. The Bertz CT molecular complexity index is 496. The molecule has 3 rings (SSSR count). The Morgan fingerprint density at radius 1 is 1.05 bits per heavy atom. The lowest BCUT2D eigenvalue weighted by molar-refractivity contribution is 0.0641. The zero-order valence-electron chi connectivity index (χ0n) is 12.8. The number of rotatable bonds is 3. The number of likely N-dealkylation sites (tertiary alicyclic amines) is 1. The molecule has 1 heterocycles. The van der Waals surface area contributed by atoms with Crippen LogP contribution in [0.1, 0.15) is 56.1 Å². The Kier molecular flexibility index (Phi) is 4.60. The van der Waals surface area contributed by atoms with E-state index in [9.17, 15) is 0 Å². The maximum absolute atomic E-state index is 5.84. The third-order valence-electron chi connectivity index (χ3n) is 5.51. The van der Waals surface area contributed by atoms with Gasteiger partial charge in [0.15, 0.2) is 0 Å². The van der Waals surface area contributed by atoms with Gasteiger partial charge in [0.25, 0.3) is 0 Å². The van der Waals surface area contributed by atoms with E-state index in [-0.39, 0.29) is 0 Å². The summed E-state index contributed by atoms with van der Waals surface area (Å²) in [5.74, 6) is 0. The van der Waals surface area contributed by atoms with Crippen LogP contribution in [0.2, 0.25) is 0 Å². The summed E-state index contributed by atoms with van der Waals surface area (Å²) < 4.78 is 0. The monoisotopic (exact) mass is 302 g/mol. The van der Waals surface area contributed by atoms with Crippen molar-refractivity contribution >= 4 is 17.2 Å². The van der Waals surface area contributed by atoms with Crippen LogP contribution in [0.5, 0.6) is 0 Å². The molecule has 1 aromatic carbocycles. The first-order valence-electron chi connectivity index (χ1n) is 8.29. The van der Waals surface area contributed by atoms with Gasteiger partial charge in [-0.3, -0.25) is 4.90 Å². The summed E-state index contributed by atoms with van der Waals surface area (Å²) in [6, 6.07) is 8.32. The summed E-state index contributed by atoms with van der Waals surface area (Å²) in [4.78, 5) is 3.10. The molecule has 0 unspecified atom stereocenters. The highest BCUT2D eigenvalue weighted by molar-refractivity contribution is 7.80. The van der Waals surface area contributed by atoms with Crippen molar-refractivity contribution in [1.29, 1.82) is 0 Å². The average molecular weight is 302 g/mol. The molecule has 1 aliphatic heterocycles. The van der Waals surface area contributed by atoms with E-state index in [1.54, 1.807) is 0 Å². The van der Waals surface area contributed by atoms with E-state index >= 15 is 0 Å². The molecule has 0 aromatic heterocycles. The number of hydrogen-bond acceptors (Lipinski definition) is 2. The maximum Gasteiger partial charge on any atom is 0.104 e. The molecule has 1 saturated carbocycles. The van der Waals surface area contributed by atoms with Crippen molar-refractivity contribution in [2.24, 2.45) is 11.1 Å². The van der Waals surface area contributed by atoms with Crippen LogP contribution in [0.4, 0.5) is 0 Å².